The highest BCUT2D eigenvalue weighted by Gasteiger charge is 2.27. The van der Waals surface area contributed by atoms with Gasteiger partial charge in [-0.05, 0) is 37.7 Å². The van der Waals surface area contributed by atoms with Crippen molar-refractivity contribution in [1.82, 2.24) is 15.2 Å². The van der Waals surface area contributed by atoms with E-state index in [0.717, 1.165) is 30.9 Å². The number of aromatic nitrogens is 2. The fraction of sp³-hybridized carbons (Fsp3) is 0.786. The Kier molecular flexibility index (Phi) is 4.78. The van der Waals surface area contributed by atoms with Gasteiger partial charge in [0, 0.05) is 18.7 Å². The number of rotatable bonds is 7. The van der Waals surface area contributed by atoms with E-state index in [1.807, 2.05) is 0 Å². The highest BCUT2D eigenvalue weighted by Crippen LogP contribution is 2.30. The Morgan fingerprint density at radius 3 is 2.67 bits per heavy atom. The summed E-state index contributed by atoms with van der Waals surface area (Å²) in [5.41, 5.74) is 4.13. The summed E-state index contributed by atoms with van der Waals surface area (Å²) in [6.07, 6.45) is 9.31. The van der Waals surface area contributed by atoms with Gasteiger partial charge in [0.25, 0.3) is 0 Å². The van der Waals surface area contributed by atoms with Crippen LogP contribution in [0.3, 0.4) is 0 Å². The minimum atomic E-state index is 0.392. The molecule has 18 heavy (non-hydrogen) atoms. The lowest BCUT2D eigenvalue weighted by Gasteiger charge is -2.32. The predicted molar refractivity (Wildman–Crippen MR) is 74.0 cm³/mol. The molecule has 2 rings (SSSR count). The third-order valence-electron chi connectivity index (χ3n) is 4.34. The molecule has 3 N–H and O–H groups in total. The smallest absolute Gasteiger partial charge is 0.0640 e. The van der Waals surface area contributed by atoms with Crippen LogP contribution in [0.4, 0.5) is 0 Å². The van der Waals surface area contributed by atoms with Gasteiger partial charge in [-0.2, -0.15) is 5.10 Å². The normalized spacial score (nSPS) is 18.0. The van der Waals surface area contributed by atoms with Crippen LogP contribution in [0.2, 0.25) is 0 Å². The van der Waals surface area contributed by atoms with E-state index in [0.29, 0.717) is 12.1 Å². The van der Waals surface area contributed by atoms with Crippen LogP contribution in [-0.2, 0) is 6.42 Å². The van der Waals surface area contributed by atoms with Gasteiger partial charge < -0.3 is 0 Å². The zero-order valence-corrected chi connectivity index (χ0v) is 11.6. The van der Waals surface area contributed by atoms with Crippen molar-refractivity contribution in [3.8, 4) is 0 Å². The van der Waals surface area contributed by atoms with E-state index in [1.165, 1.54) is 19.3 Å². The van der Waals surface area contributed by atoms with Crippen molar-refractivity contribution in [1.29, 1.82) is 0 Å². The molecule has 1 atom stereocenters. The van der Waals surface area contributed by atoms with Gasteiger partial charge in [0.15, 0.2) is 0 Å². The Morgan fingerprint density at radius 2 is 2.17 bits per heavy atom. The van der Waals surface area contributed by atoms with Gasteiger partial charge in [-0.25, -0.2) is 0 Å². The molecule has 0 bridgehead atoms. The molecule has 1 aromatic rings. The van der Waals surface area contributed by atoms with Gasteiger partial charge in [-0.1, -0.05) is 20.3 Å². The molecule has 1 fully saturated rings. The highest BCUT2D eigenvalue weighted by atomic mass is 15.3. The summed E-state index contributed by atoms with van der Waals surface area (Å²) < 4.78 is 2.11. The van der Waals surface area contributed by atoms with E-state index in [9.17, 15) is 0 Å². The fourth-order valence-corrected chi connectivity index (χ4v) is 2.78. The second-order valence-electron chi connectivity index (χ2n) is 5.43. The lowest BCUT2D eigenvalue weighted by molar-refractivity contribution is 0.227. The molecule has 4 heteroatoms. The lowest BCUT2D eigenvalue weighted by Crippen LogP contribution is -2.45. The number of nitrogens with two attached hydrogens (primary N) is 1. The Balaban J connectivity index is 1.96. The number of hydrogen-bond acceptors (Lipinski definition) is 3. The number of nitrogens with zero attached hydrogens (tertiary/aromatic N) is 2. The van der Waals surface area contributed by atoms with Crippen LogP contribution in [0, 0.1) is 5.92 Å². The quantitative estimate of drug-likeness (QED) is 0.577. The van der Waals surface area contributed by atoms with E-state index in [-0.39, 0.29) is 0 Å². The monoisotopic (exact) mass is 250 g/mol. The topological polar surface area (TPSA) is 55.9 Å². The molecule has 102 valence electrons. The van der Waals surface area contributed by atoms with Crippen molar-refractivity contribution < 1.29 is 0 Å². The van der Waals surface area contributed by atoms with Crippen LogP contribution in [-0.4, -0.2) is 15.8 Å². The van der Waals surface area contributed by atoms with Crippen molar-refractivity contribution in [2.75, 3.05) is 0 Å². The van der Waals surface area contributed by atoms with Crippen LogP contribution in [0.25, 0.3) is 0 Å². The van der Waals surface area contributed by atoms with Gasteiger partial charge in [-0.15, -0.1) is 0 Å². The average molecular weight is 250 g/mol. The van der Waals surface area contributed by atoms with E-state index in [1.54, 1.807) is 0 Å². The summed E-state index contributed by atoms with van der Waals surface area (Å²) in [6, 6.07) is 3.07. The lowest BCUT2D eigenvalue weighted by atomic mass is 9.78. The molecule has 0 aromatic carbocycles. The maximum absolute atomic E-state index is 5.67. The SMILES string of the molecule is CCC(CC)n1ccc(CC(NN)C2CCC2)n1. The molecule has 1 aromatic heterocycles. The van der Waals surface area contributed by atoms with Crippen LogP contribution in [0.5, 0.6) is 0 Å². The van der Waals surface area contributed by atoms with Crippen LogP contribution in [0.1, 0.15) is 57.7 Å². The highest BCUT2D eigenvalue weighted by molar-refractivity contribution is 5.03. The summed E-state index contributed by atoms with van der Waals surface area (Å²) in [4.78, 5) is 0. The third kappa shape index (κ3) is 2.93. The van der Waals surface area contributed by atoms with Crippen molar-refractivity contribution in [3.63, 3.8) is 0 Å². The summed E-state index contributed by atoms with van der Waals surface area (Å²) in [7, 11) is 0. The van der Waals surface area contributed by atoms with Gasteiger partial charge in [0.05, 0.1) is 11.7 Å². The van der Waals surface area contributed by atoms with Crippen molar-refractivity contribution in [2.24, 2.45) is 11.8 Å². The molecule has 0 saturated heterocycles. The van der Waals surface area contributed by atoms with Crippen LogP contribution >= 0.6 is 0 Å². The molecular weight excluding hydrogens is 224 g/mol. The third-order valence-corrected chi connectivity index (χ3v) is 4.34. The molecule has 0 radical (unpaired) electrons. The molecule has 1 aliphatic rings. The standard InChI is InChI=1S/C14H26N4/c1-3-13(4-2)18-9-8-12(17-18)10-14(16-15)11-6-5-7-11/h8-9,11,13-14,16H,3-7,10,15H2,1-2H3. The molecule has 1 unspecified atom stereocenters. The minimum absolute atomic E-state index is 0.392. The number of hydrogen-bond donors (Lipinski definition) is 2. The molecule has 1 saturated carbocycles. The van der Waals surface area contributed by atoms with Gasteiger partial charge in [-0.3, -0.25) is 16.0 Å². The Labute approximate surface area is 110 Å². The Bertz CT molecular complexity index is 352. The maximum atomic E-state index is 5.67. The first-order chi connectivity index (χ1) is 8.78. The van der Waals surface area contributed by atoms with Crippen LogP contribution in [0.15, 0.2) is 12.3 Å². The van der Waals surface area contributed by atoms with E-state index in [4.69, 9.17) is 10.9 Å². The zero-order valence-electron chi connectivity index (χ0n) is 11.6. The average Bonchev–Trinajstić information content (AvgIpc) is 2.76. The first-order valence-electron chi connectivity index (χ1n) is 7.28. The first kappa shape index (κ1) is 13.6. The maximum Gasteiger partial charge on any atom is 0.0640 e. The molecular formula is C14H26N4. The van der Waals surface area contributed by atoms with E-state index < -0.39 is 0 Å². The fourth-order valence-electron chi connectivity index (χ4n) is 2.78. The van der Waals surface area contributed by atoms with Gasteiger partial charge >= 0.3 is 0 Å². The minimum Gasteiger partial charge on any atom is -0.271 e. The van der Waals surface area contributed by atoms with Crippen molar-refractivity contribution >= 4 is 0 Å². The largest absolute Gasteiger partial charge is 0.271 e. The molecule has 0 amide bonds. The van der Waals surface area contributed by atoms with Crippen molar-refractivity contribution in [2.45, 2.75) is 64.5 Å². The summed E-state index contributed by atoms with van der Waals surface area (Å²) >= 11 is 0. The van der Waals surface area contributed by atoms with E-state index >= 15 is 0 Å². The molecule has 1 aliphatic carbocycles. The molecule has 0 aliphatic heterocycles. The predicted octanol–water partition coefficient (Wildman–Crippen LogP) is 2.42. The molecule has 0 spiro atoms. The van der Waals surface area contributed by atoms with Crippen LogP contribution < -0.4 is 11.3 Å². The Morgan fingerprint density at radius 1 is 1.44 bits per heavy atom. The summed E-state index contributed by atoms with van der Waals surface area (Å²) in [5.74, 6) is 6.41. The summed E-state index contributed by atoms with van der Waals surface area (Å²) in [6.45, 7) is 4.43. The van der Waals surface area contributed by atoms with Gasteiger partial charge in [0.1, 0.15) is 0 Å². The van der Waals surface area contributed by atoms with Crippen molar-refractivity contribution in [3.05, 3.63) is 18.0 Å². The first-order valence-corrected chi connectivity index (χ1v) is 7.28. The number of nitrogens with one attached hydrogen (secondary N) is 1. The summed E-state index contributed by atoms with van der Waals surface area (Å²) in [5, 5.41) is 4.70. The number of hydrazine groups is 1. The second kappa shape index (κ2) is 6.34. The van der Waals surface area contributed by atoms with Gasteiger partial charge in [0.2, 0.25) is 0 Å². The second-order valence-corrected chi connectivity index (χ2v) is 5.43. The zero-order chi connectivity index (χ0) is 13.0. The Hall–Kier alpha value is -0.870. The molecule has 4 nitrogen and oxygen atoms in total. The molecule has 1 heterocycles. The van der Waals surface area contributed by atoms with E-state index in [2.05, 4.69) is 36.2 Å².